The van der Waals surface area contributed by atoms with Crippen LogP contribution in [0.2, 0.25) is 0 Å². The van der Waals surface area contributed by atoms with Gasteiger partial charge in [0.2, 0.25) is 5.91 Å². The van der Waals surface area contributed by atoms with Crippen LogP contribution >= 0.6 is 0 Å². The van der Waals surface area contributed by atoms with Crippen molar-refractivity contribution in [1.82, 2.24) is 0 Å². The van der Waals surface area contributed by atoms with E-state index in [4.69, 9.17) is 11.1 Å². The fraction of sp³-hybridized carbons (Fsp3) is 0.250. The third kappa shape index (κ3) is 4.08. The molecule has 0 fully saturated rings. The summed E-state index contributed by atoms with van der Waals surface area (Å²) < 4.78 is 0. The summed E-state index contributed by atoms with van der Waals surface area (Å²) in [4.78, 5) is 10.6. The van der Waals surface area contributed by atoms with Gasteiger partial charge in [0.25, 0.3) is 0 Å². The topological polar surface area (TPSA) is 66.9 Å². The molecule has 11 heavy (non-hydrogen) atoms. The quantitative estimate of drug-likeness (QED) is 0.354. The van der Waals surface area contributed by atoms with E-state index >= 15 is 0 Å². The second kappa shape index (κ2) is 4.44. The molecule has 1 amide bonds. The van der Waals surface area contributed by atoms with Gasteiger partial charge in [0.1, 0.15) is 0 Å². The normalized spacial score (nSPS) is 12.0. The summed E-state index contributed by atoms with van der Waals surface area (Å²) in [6.45, 7) is 3.36. The summed E-state index contributed by atoms with van der Waals surface area (Å²) in [5, 5.41) is 7.04. The zero-order valence-corrected chi connectivity index (χ0v) is 6.72. The van der Waals surface area contributed by atoms with Gasteiger partial charge in [-0.1, -0.05) is 6.08 Å². The summed E-state index contributed by atoms with van der Waals surface area (Å²) in [5.74, 6) is -0.468. The van der Waals surface area contributed by atoms with Crippen molar-refractivity contribution in [2.24, 2.45) is 5.73 Å². The van der Waals surface area contributed by atoms with Gasteiger partial charge in [0.05, 0.1) is 0 Å². The van der Waals surface area contributed by atoms with Crippen LogP contribution in [0.15, 0.2) is 23.8 Å². The Hall–Kier alpha value is -1.38. The van der Waals surface area contributed by atoms with Gasteiger partial charge in [0, 0.05) is 11.3 Å². The first-order chi connectivity index (χ1) is 5.07. The number of hydrogen-bond acceptors (Lipinski definition) is 2. The Bertz CT molecular complexity index is 226. The Labute approximate surface area is 66.1 Å². The zero-order valence-electron chi connectivity index (χ0n) is 6.72. The fourth-order valence-electron chi connectivity index (χ4n) is 0.535. The highest BCUT2D eigenvalue weighted by molar-refractivity contribution is 5.97. The molecule has 0 saturated heterocycles. The van der Waals surface area contributed by atoms with Gasteiger partial charge in [-0.2, -0.15) is 0 Å². The fourth-order valence-corrected chi connectivity index (χ4v) is 0.535. The van der Waals surface area contributed by atoms with E-state index in [0.29, 0.717) is 11.3 Å². The SMILES string of the molecule is C/C=C(\C=C/C(C)=N)C(N)=O. The van der Waals surface area contributed by atoms with Crippen molar-refractivity contribution in [2.75, 3.05) is 0 Å². The average Bonchev–Trinajstić information content (AvgIpc) is 1.87. The number of nitrogens with two attached hydrogens (primary N) is 1. The molecule has 0 aliphatic heterocycles. The zero-order chi connectivity index (χ0) is 8.85. The van der Waals surface area contributed by atoms with Gasteiger partial charge in [-0.25, -0.2) is 0 Å². The molecule has 3 heteroatoms. The minimum absolute atomic E-state index is 0.394. The van der Waals surface area contributed by atoms with Crippen molar-refractivity contribution in [3.05, 3.63) is 23.8 Å². The lowest BCUT2D eigenvalue weighted by Gasteiger charge is -1.91. The lowest BCUT2D eigenvalue weighted by atomic mass is 10.2. The number of carbonyl (C=O) groups excluding carboxylic acids is 1. The number of rotatable bonds is 3. The largest absolute Gasteiger partial charge is 0.366 e. The number of amides is 1. The molecule has 3 N–H and O–H groups in total. The molecule has 0 bridgehead atoms. The lowest BCUT2D eigenvalue weighted by molar-refractivity contribution is -0.114. The standard InChI is InChI=1S/C8H12N2O/c1-3-7(8(10)11)5-4-6(2)9/h3-5,9H,1-2H3,(H2,10,11)/b5-4-,7-3+,9-6?. The molecule has 0 rings (SSSR count). The van der Waals surface area contributed by atoms with Crippen LogP contribution in [-0.2, 0) is 4.79 Å². The first-order valence-electron chi connectivity index (χ1n) is 3.27. The molecule has 3 nitrogen and oxygen atoms in total. The molecule has 0 radical (unpaired) electrons. The van der Waals surface area contributed by atoms with Crippen molar-refractivity contribution >= 4 is 11.6 Å². The van der Waals surface area contributed by atoms with Crippen LogP contribution in [0.5, 0.6) is 0 Å². The molecular formula is C8H12N2O. The van der Waals surface area contributed by atoms with Gasteiger partial charge in [0.15, 0.2) is 0 Å². The maximum Gasteiger partial charge on any atom is 0.248 e. The smallest absolute Gasteiger partial charge is 0.248 e. The molecule has 60 valence electrons. The molecular weight excluding hydrogens is 140 g/mol. The maximum atomic E-state index is 10.6. The highest BCUT2D eigenvalue weighted by Gasteiger charge is 1.96. The van der Waals surface area contributed by atoms with Crippen molar-refractivity contribution < 1.29 is 4.79 Å². The Morgan fingerprint density at radius 2 is 2.00 bits per heavy atom. The Kier molecular flexibility index (Phi) is 3.88. The summed E-state index contributed by atoms with van der Waals surface area (Å²) >= 11 is 0. The van der Waals surface area contributed by atoms with E-state index < -0.39 is 5.91 Å². The predicted molar refractivity (Wildman–Crippen MR) is 45.5 cm³/mol. The van der Waals surface area contributed by atoms with E-state index in [0.717, 1.165) is 0 Å². The predicted octanol–water partition coefficient (Wildman–Crippen LogP) is 1.01. The van der Waals surface area contributed by atoms with Crippen LogP contribution in [0.4, 0.5) is 0 Å². The number of hydrogen-bond donors (Lipinski definition) is 2. The van der Waals surface area contributed by atoms with E-state index in [9.17, 15) is 4.79 Å². The lowest BCUT2D eigenvalue weighted by Crippen LogP contribution is -2.12. The van der Waals surface area contributed by atoms with E-state index in [1.807, 2.05) is 0 Å². The maximum absolute atomic E-state index is 10.6. The van der Waals surface area contributed by atoms with Crippen molar-refractivity contribution in [3.8, 4) is 0 Å². The van der Waals surface area contributed by atoms with Gasteiger partial charge >= 0.3 is 0 Å². The monoisotopic (exact) mass is 152 g/mol. The van der Waals surface area contributed by atoms with Gasteiger partial charge in [-0.05, 0) is 26.0 Å². The van der Waals surface area contributed by atoms with E-state index in [1.165, 1.54) is 12.2 Å². The number of allylic oxidation sites excluding steroid dienone is 2. The molecule has 0 spiro atoms. The van der Waals surface area contributed by atoms with Crippen molar-refractivity contribution in [2.45, 2.75) is 13.8 Å². The van der Waals surface area contributed by atoms with Crippen LogP contribution < -0.4 is 5.73 Å². The third-order valence-corrected chi connectivity index (χ3v) is 1.11. The summed E-state index contributed by atoms with van der Waals surface area (Å²) in [7, 11) is 0. The van der Waals surface area contributed by atoms with Gasteiger partial charge in [-0.3, -0.25) is 4.79 Å². The Morgan fingerprint density at radius 3 is 2.27 bits per heavy atom. The molecule has 0 heterocycles. The van der Waals surface area contributed by atoms with E-state index in [1.54, 1.807) is 19.9 Å². The average molecular weight is 152 g/mol. The third-order valence-electron chi connectivity index (χ3n) is 1.11. The Morgan fingerprint density at radius 1 is 1.45 bits per heavy atom. The number of carbonyl (C=O) groups is 1. The molecule has 0 aliphatic carbocycles. The first-order valence-corrected chi connectivity index (χ1v) is 3.27. The van der Waals surface area contributed by atoms with Crippen LogP contribution in [0.1, 0.15) is 13.8 Å². The van der Waals surface area contributed by atoms with E-state index in [2.05, 4.69) is 0 Å². The molecule has 0 atom stereocenters. The minimum Gasteiger partial charge on any atom is -0.366 e. The molecule has 0 unspecified atom stereocenters. The Balaban J connectivity index is 4.34. The highest BCUT2D eigenvalue weighted by Crippen LogP contribution is 1.94. The van der Waals surface area contributed by atoms with Gasteiger partial charge in [-0.15, -0.1) is 0 Å². The van der Waals surface area contributed by atoms with Crippen molar-refractivity contribution in [1.29, 1.82) is 5.41 Å². The molecule has 0 aromatic rings. The minimum atomic E-state index is -0.468. The summed E-state index contributed by atoms with van der Waals surface area (Å²) in [6, 6.07) is 0. The molecule has 0 saturated carbocycles. The molecule has 0 aromatic heterocycles. The second-order valence-corrected chi connectivity index (χ2v) is 2.12. The second-order valence-electron chi connectivity index (χ2n) is 2.12. The van der Waals surface area contributed by atoms with Crippen LogP contribution in [0.25, 0.3) is 0 Å². The van der Waals surface area contributed by atoms with Crippen LogP contribution in [-0.4, -0.2) is 11.6 Å². The van der Waals surface area contributed by atoms with Crippen LogP contribution in [0.3, 0.4) is 0 Å². The molecule has 0 aromatic carbocycles. The first kappa shape index (κ1) is 9.62. The number of nitrogens with one attached hydrogen (secondary N) is 1. The highest BCUT2D eigenvalue weighted by atomic mass is 16.1. The number of primary amides is 1. The van der Waals surface area contributed by atoms with E-state index in [-0.39, 0.29) is 0 Å². The summed E-state index contributed by atoms with van der Waals surface area (Å²) in [6.07, 6.45) is 4.67. The summed E-state index contributed by atoms with van der Waals surface area (Å²) in [5.41, 5.74) is 5.83. The van der Waals surface area contributed by atoms with Crippen molar-refractivity contribution in [3.63, 3.8) is 0 Å². The van der Waals surface area contributed by atoms with Crippen LogP contribution in [0, 0.1) is 5.41 Å². The van der Waals surface area contributed by atoms with Gasteiger partial charge < -0.3 is 11.1 Å². The molecule has 0 aliphatic rings.